The van der Waals surface area contributed by atoms with Crippen LogP contribution in [0.5, 0.6) is 0 Å². The topological polar surface area (TPSA) is 108 Å². The summed E-state index contributed by atoms with van der Waals surface area (Å²) in [5.74, 6) is -2.14. The highest BCUT2D eigenvalue weighted by Gasteiger charge is 2.14. The first kappa shape index (κ1) is 23.3. The van der Waals surface area contributed by atoms with Gasteiger partial charge in [0.2, 0.25) is 0 Å². The molecule has 0 spiro atoms. The zero-order valence-corrected chi connectivity index (χ0v) is 16.9. The lowest BCUT2D eigenvalue weighted by atomic mass is 10.2. The normalized spacial score (nSPS) is 19.3. The van der Waals surface area contributed by atoms with Gasteiger partial charge in [-0.05, 0) is 5.56 Å². The van der Waals surface area contributed by atoms with Gasteiger partial charge in [0.1, 0.15) is 26.4 Å². The molecule has 1 saturated heterocycles. The number of rotatable bonds is 2. The van der Waals surface area contributed by atoms with Crippen molar-refractivity contribution in [2.45, 2.75) is 32.2 Å². The van der Waals surface area contributed by atoms with Crippen molar-refractivity contribution in [1.29, 1.82) is 0 Å². The average Bonchev–Trinajstić information content (AvgIpc) is 2.74. The van der Waals surface area contributed by atoms with Crippen LogP contribution in [-0.2, 0) is 44.7 Å². The number of carbonyl (C=O) groups excluding carboxylic acids is 4. The lowest BCUT2D eigenvalue weighted by molar-refractivity contribution is -0.155. The SMILES string of the molecule is O=C1CCC(=O)OCCN(Cc2ccccc2)CCOC(=O)CCC(=O)OCCO1. The third-order valence-corrected chi connectivity index (χ3v) is 4.27. The predicted octanol–water partition coefficient (Wildman–Crippen LogP) is 1.24. The van der Waals surface area contributed by atoms with Gasteiger partial charge in [0.15, 0.2) is 0 Å². The molecule has 9 heteroatoms. The van der Waals surface area contributed by atoms with E-state index in [-0.39, 0.29) is 52.1 Å². The highest BCUT2D eigenvalue weighted by atomic mass is 16.6. The fraction of sp³-hybridized carbons (Fsp3) is 0.524. The van der Waals surface area contributed by atoms with Crippen molar-refractivity contribution in [3.05, 3.63) is 35.9 Å². The van der Waals surface area contributed by atoms with E-state index in [1.807, 2.05) is 35.2 Å². The smallest absolute Gasteiger partial charge is 0.306 e. The number of carbonyl (C=O) groups is 4. The van der Waals surface area contributed by atoms with Crippen molar-refractivity contribution in [3.8, 4) is 0 Å². The molecule has 0 atom stereocenters. The first-order chi connectivity index (χ1) is 14.5. The molecule has 1 aromatic carbocycles. The fourth-order valence-electron chi connectivity index (χ4n) is 2.70. The van der Waals surface area contributed by atoms with Crippen LogP contribution in [0.3, 0.4) is 0 Å². The van der Waals surface area contributed by atoms with E-state index in [1.54, 1.807) is 0 Å². The first-order valence-corrected chi connectivity index (χ1v) is 9.91. The molecule has 164 valence electrons. The van der Waals surface area contributed by atoms with Gasteiger partial charge in [-0.1, -0.05) is 30.3 Å². The van der Waals surface area contributed by atoms with Gasteiger partial charge in [-0.15, -0.1) is 0 Å². The van der Waals surface area contributed by atoms with E-state index in [0.717, 1.165) is 5.56 Å². The highest BCUT2D eigenvalue weighted by molar-refractivity contribution is 5.78. The van der Waals surface area contributed by atoms with Crippen molar-refractivity contribution in [1.82, 2.24) is 4.90 Å². The van der Waals surface area contributed by atoms with Crippen molar-refractivity contribution < 1.29 is 38.1 Å². The van der Waals surface area contributed by atoms with Crippen LogP contribution in [0.25, 0.3) is 0 Å². The molecule has 1 aliphatic heterocycles. The van der Waals surface area contributed by atoms with Crippen LogP contribution >= 0.6 is 0 Å². The second kappa shape index (κ2) is 13.3. The molecule has 0 N–H and O–H groups in total. The summed E-state index contributed by atoms with van der Waals surface area (Å²) in [4.78, 5) is 48.9. The van der Waals surface area contributed by atoms with Gasteiger partial charge >= 0.3 is 23.9 Å². The Kier molecular flexibility index (Phi) is 10.4. The molecule has 2 rings (SSSR count). The lowest BCUT2D eigenvalue weighted by Gasteiger charge is -2.22. The highest BCUT2D eigenvalue weighted by Crippen LogP contribution is 2.06. The minimum atomic E-state index is -0.574. The van der Waals surface area contributed by atoms with Crippen LogP contribution in [0.15, 0.2) is 30.3 Å². The summed E-state index contributed by atoms with van der Waals surface area (Å²) in [6, 6.07) is 9.73. The van der Waals surface area contributed by atoms with Gasteiger partial charge in [-0.3, -0.25) is 24.1 Å². The summed E-state index contributed by atoms with van der Waals surface area (Å²) in [7, 11) is 0. The second-order valence-corrected chi connectivity index (χ2v) is 6.64. The van der Waals surface area contributed by atoms with E-state index in [9.17, 15) is 19.2 Å². The molecule has 0 saturated carbocycles. The van der Waals surface area contributed by atoms with E-state index in [0.29, 0.717) is 19.6 Å². The van der Waals surface area contributed by atoms with Gasteiger partial charge < -0.3 is 18.9 Å². The van der Waals surface area contributed by atoms with Crippen molar-refractivity contribution in [2.24, 2.45) is 0 Å². The maximum Gasteiger partial charge on any atom is 0.306 e. The van der Waals surface area contributed by atoms with Gasteiger partial charge in [-0.25, -0.2) is 0 Å². The number of ether oxygens (including phenoxy) is 4. The second-order valence-electron chi connectivity index (χ2n) is 6.64. The molecule has 1 fully saturated rings. The summed E-state index contributed by atoms with van der Waals surface area (Å²) in [5.41, 5.74) is 1.07. The summed E-state index contributed by atoms with van der Waals surface area (Å²) in [5, 5.41) is 0. The Morgan fingerprint density at radius 3 is 1.43 bits per heavy atom. The minimum Gasteiger partial charge on any atom is -0.464 e. The summed E-state index contributed by atoms with van der Waals surface area (Å²) < 4.78 is 20.2. The lowest BCUT2D eigenvalue weighted by Crippen LogP contribution is -2.32. The van der Waals surface area contributed by atoms with Gasteiger partial charge in [0.05, 0.1) is 25.7 Å². The van der Waals surface area contributed by atoms with Crippen molar-refractivity contribution >= 4 is 23.9 Å². The maximum absolute atomic E-state index is 11.8. The number of nitrogens with zero attached hydrogens (tertiary/aromatic N) is 1. The number of cyclic esters (lactones) is 4. The molecule has 0 bridgehead atoms. The average molecular weight is 421 g/mol. The standard InChI is InChI=1S/C21H27NO8/c23-18-6-8-20(25)29-14-15-30-21(26)9-7-19(24)28-13-11-22(10-12-27-18)16-17-4-2-1-3-5-17/h1-5H,6-16H2. The first-order valence-electron chi connectivity index (χ1n) is 9.91. The van der Waals surface area contributed by atoms with Crippen LogP contribution in [0.4, 0.5) is 0 Å². The number of esters is 4. The molecule has 1 aliphatic rings. The molecule has 9 nitrogen and oxygen atoms in total. The van der Waals surface area contributed by atoms with E-state index in [1.165, 1.54) is 0 Å². The number of hydrogen-bond acceptors (Lipinski definition) is 9. The molecule has 0 radical (unpaired) electrons. The third kappa shape index (κ3) is 10.0. The fourth-order valence-corrected chi connectivity index (χ4v) is 2.70. The molecule has 0 aromatic heterocycles. The monoisotopic (exact) mass is 421 g/mol. The molecule has 1 heterocycles. The summed E-state index contributed by atoms with van der Waals surface area (Å²) >= 11 is 0. The Bertz CT molecular complexity index is 666. The van der Waals surface area contributed by atoms with E-state index in [4.69, 9.17) is 18.9 Å². The third-order valence-electron chi connectivity index (χ3n) is 4.27. The zero-order valence-electron chi connectivity index (χ0n) is 16.9. The largest absolute Gasteiger partial charge is 0.464 e. The quantitative estimate of drug-likeness (QED) is 0.515. The maximum atomic E-state index is 11.8. The molecule has 1 aromatic rings. The Hall–Kier alpha value is -2.94. The molecular formula is C21H27NO8. The van der Waals surface area contributed by atoms with Crippen LogP contribution in [-0.4, -0.2) is 68.3 Å². The Morgan fingerprint density at radius 1 is 0.600 bits per heavy atom. The number of benzene rings is 1. The molecule has 0 aliphatic carbocycles. The summed E-state index contributed by atoms with van der Waals surface area (Å²) in [6.07, 6.45) is -0.393. The Balaban J connectivity index is 1.92. The Labute approximate surface area is 175 Å². The van der Waals surface area contributed by atoms with Crippen molar-refractivity contribution in [2.75, 3.05) is 39.5 Å². The molecule has 0 amide bonds. The molecule has 0 unspecified atom stereocenters. The van der Waals surface area contributed by atoms with Gasteiger partial charge in [0, 0.05) is 19.6 Å². The van der Waals surface area contributed by atoms with Crippen LogP contribution in [0.1, 0.15) is 31.2 Å². The van der Waals surface area contributed by atoms with Gasteiger partial charge in [0.25, 0.3) is 0 Å². The van der Waals surface area contributed by atoms with E-state index in [2.05, 4.69) is 0 Å². The van der Waals surface area contributed by atoms with Gasteiger partial charge in [-0.2, -0.15) is 0 Å². The Morgan fingerprint density at radius 2 is 1.00 bits per heavy atom. The van der Waals surface area contributed by atoms with E-state index >= 15 is 0 Å². The zero-order chi connectivity index (χ0) is 21.6. The summed E-state index contributed by atoms with van der Waals surface area (Å²) in [6.45, 7) is 1.55. The molecular weight excluding hydrogens is 394 g/mol. The van der Waals surface area contributed by atoms with Crippen LogP contribution < -0.4 is 0 Å². The number of hydrogen-bond donors (Lipinski definition) is 0. The van der Waals surface area contributed by atoms with Crippen molar-refractivity contribution in [3.63, 3.8) is 0 Å². The predicted molar refractivity (Wildman–Crippen MR) is 104 cm³/mol. The van der Waals surface area contributed by atoms with Crippen LogP contribution in [0, 0.1) is 0 Å². The van der Waals surface area contributed by atoms with E-state index < -0.39 is 23.9 Å². The van der Waals surface area contributed by atoms with Crippen LogP contribution in [0.2, 0.25) is 0 Å². The minimum absolute atomic E-state index is 0.0884. The molecule has 30 heavy (non-hydrogen) atoms.